The quantitative estimate of drug-likeness (QED) is 0.0822. The Morgan fingerprint density at radius 2 is 1.31 bits per heavy atom. The van der Waals surface area contributed by atoms with E-state index in [0.717, 1.165) is 61.6 Å². The average molecular weight is 1640 g/mol. The third kappa shape index (κ3) is 11.4. The van der Waals surface area contributed by atoms with Crippen LogP contribution in [0.15, 0.2) is 83.3 Å². The Kier molecular flexibility index (Phi) is 20.3. The van der Waals surface area contributed by atoms with Crippen LogP contribution in [-0.2, 0) is 55.6 Å². The molecule has 11 aliphatic rings. The van der Waals surface area contributed by atoms with E-state index in [2.05, 4.69) is 113 Å². The number of carbonyl (C=O) groups excluding carboxylic acids is 3. The van der Waals surface area contributed by atoms with E-state index in [-0.39, 0.29) is 173 Å². The van der Waals surface area contributed by atoms with Gasteiger partial charge >= 0.3 is 11.9 Å². The molecule has 16 rings (SSSR count). The summed E-state index contributed by atoms with van der Waals surface area (Å²) < 4.78 is 59.4. The van der Waals surface area contributed by atoms with E-state index in [4.69, 9.17) is 47.4 Å². The van der Waals surface area contributed by atoms with Crippen LogP contribution >= 0.6 is 23.5 Å². The number of Topliss-reactive ketones (excluding diaryl/α,β-unsaturated/α-hetero) is 1. The zero-order valence-corrected chi connectivity index (χ0v) is 66.0. The molecule has 5 fully saturated rings. The summed E-state index contributed by atoms with van der Waals surface area (Å²) in [5.74, 6) is 3.53. The second-order valence-electron chi connectivity index (χ2n) is 28.9. The van der Waals surface area contributed by atoms with Crippen molar-refractivity contribution in [3.63, 3.8) is 0 Å². The van der Waals surface area contributed by atoms with Gasteiger partial charge in [0.15, 0.2) is 48.0 Å². The Bertz CT molecular complexity index is 4380. The van der Waals surface area contributed by atoms with E-state index < -0.39 is 47.5 Å². The number of piperidine rings is 1. The molecule has 4 unspecified atom stereocenters. The van der Waals surface area contributed by atoms with Crippen molar-refractivity contribution < 1.29 is 116 Å². The van der Waals surface area contributed by atoms with Gasteiger partial charge in [-0.15, -0.1) is 0 Å². The van der Waals surface area contributed by atoms with Crippen molar-refractivity contribution >= 4 is 41.2 Å². The average Bonchev–Trinajstić information content (AvgIpc) is 0.911. The fourth-order valence-electron chi connectivity index (χ4n) is 18.6. The van der Waals surface area contributed by atoms with Crippen molar-refractivity contribution in [2.24, 2.45) is 11.8 Å². The Hall–Kier alpha value is -6.37. The van der Waals surface area contributed by atoms with Gasteiger partial charge in [-0.1, -0.05) is 74.5 Å². The number of phenolic OH excluding ortho intramolecular Hbond substituents is 1. The molecular formula is C78H86AcN6O15S2. The molecule has 5 aromatic carbocycles. The normalized spacial score (nSPS) is 28.8. The number of hydrogen-bond donors (Lipinski definition) is 2. The summed E-state index contributed by atoms with van der Waals surface area (Å²) in [7, 11) is 7.30. The number of esters is 2. The van der Waals surface area contributed by atoms with Gasteiger partial charge in [0.2, 0.25) is 13.6 Å². The number of aliphatic hydroxyl groups is 1. The second kappa shape index (κ2) is 28.5. The number of benzene rings is 5. The number of likely N-dealkylation sites (N-methyl/N-ethyl adjacent to an activating group) is 2. The van der Waals surface area contributed by atoms with Gasteiger partial charge in [-0.25, -0.2) is 0 Å². The van der Waals surface area contributed by atoms with E-state index in [1.165, 1.54) is 27.8 Å². The molecule has 0 spiro atoms. The summed E-state index contributed by atoms with van der Waals surface area (Å²) in [4.78, 5) is 50.3. The van der Waals surface area contributed by atoms with Crippen LogP contribution < -0.4 is 18.9 Å². The van der Waals surface area contributed by atoms with E-state index >= 15 is 0 Å². The van der Waals surface area contributed by atoms with Crippen LogP contribution in [0.25, 0.3) is 11.1 Å². The van der Waals surface area contributed by atoms with Crippen molar-refractivity contribution in [3.8, 4) is 52.0 Å². The van der Waals surface area contributed by atoms with Gasteiger partial charge in [0.05, 0.1) is 53.4 Å². The van der Waals surface area contributed by atoms with E-state index in [1.807, 2.05) is 41.7 Å². The second-order valence-corrected chi connectivity index (χ2v) is 31.1. The molecule has 2 N–H and O–H groups in total. The Labute approximate surface area is 639 Å². The number of cyclic esters (lactones) is 1. The molecule has 9 aliphatic heterocycles. The number of ether oxygens (including phenoxy) is 10. The largest absolute Gasteiger partial charge is 0.507 e. The van der Waals surface area contributed by atoms with Crippen LogP contribution in [0.4, 0.5) is 0 Å². The van der Waals surface area contributed by atoms with Crippen molar-refractivity contribution in [1.82, 2.24) is 19.6 Å². The number of nitrogens with zero attached hydrogens (tertiary/aromatic N) is 6. The molecule has 1 radical (unpaired) electrons. The first-order valence-electron chi connectivity index (χ1n) is 34.8. The van der Waals surface area contributed by atoms with Gasteiger partial charge in [-0.05, 0) is 124 Å². The first-order chi connectivity index (χ1) is 48.7. The summed E-state index contributed by atoms with van der Waals surface area (Å²) >= 11 is 3.36. The van der Waals surface area contributed by atoms with Crippen molar-refractivity contribution in [2.75, 3.05) is 86.0 Å². The first-order valence-corrected chi connectivity index (χ1v) is 37.0. The number of piperazine rings is 2. The van der Waals surface area contributed by atoms with Crippen LogP contribution in [0.2, 0.25) is 0 Å². The van der Waals surface area contributed by atoms with Gasteiger partial charge in [-0.2, -0.15) is 34.0 Å². The maximum absolute atomic E-state index is 14.4. The number of rotatable bonds is 13. The zero-order chi connectivity index (χ0) is 70.9. The molecule has 21 nitrogen and oxygen atoms in total. The number of ketones is 1. The van der Waals surface area contributed by atoms with Gasteiger partial charge in [0, 0.05) is 151 Å². The van der Waals surface area contributed by atoms with E-state index in [1.54, 1.807) is 44.7 Å². The molecule has 0 amide bonds. The van der Waals surface area contributed by atoms with Crippen molar-refractivity contribution in [1.29, 1.82) is 10.5 Å². The Morgan fingerprint density at radius 3 is 1.93 bits per heavy atom. The van der Waals surface area contributed by atoms with Crippen LogP contribution in [-0.4, -0.2) is 181 Å². The number of aromatic hydroxyl groups is 1. The van der Waals surface area contributed by atoms with Gasteiger partial charge in [0.1, 0.15) is 42.5 Å². The fraction of sp³-hybridized carbons (Fsp3) is 0.500. The smallest absolute Gasteiger partial charge is 0.309 e. The van der Waals surface area contributed by atoms with Crippen LogP contribution in [0.1, 0.15) is 129 Å². The van der Waals surface area contributed by atoms with Crippen LogP contribution in [0, 0.1) is 113 Å². The minimum Gasteiger partial charge on any atom is -0.507 e. The van der Waals surface area contributed by atoms with Gasteiger partial charge < -0.3 is 57.6 Å². The molecule has 102 heavy (non-hydrogen) atoms. The Morgan fingerprint density at radius 1 is 0.745 bits per heavy atom. The number of hydrogen-bond acceptors (Lipinski definition) is 23. The molecule has 24 heteroatoms. The first kappa shape index (κ1) is 72.6. The maximum atomic E-state index is 14.4. The van der Waals surface area contributed by atoms with Crippen LogP contribution in [0.5, 0.6) is 28.7 Å². The molecule has 14 atom stereocenters. The number of aryl methyl sites for hydroxylation is 2. The van der Waals surface area contributed by atoms with Crippen molar-refractivity contribution in [3.05, 3.63) is 156 Å². The third-order valence-electron chi connectivity index (χ3n) is 23.5. The summed E-state index contributed by atoms with van der Waals surface area (Å²) in [6.07, 6.45) is 1.22. The molecule has 9 heterocycles. The molecule has 6 bridgehead atoms. The van der Waals surface area contributed by atoms with E-state index in [0.29, 0.717) is 52.7 Å². The topological polar surface area (TPSA) is 245 Å². The summed E-state index contributed by atoms with van der Waals surface area (Å²) in [5.41, 5.74) is 14.4. The molecule has 5 saturated heterocycles. The standard InChI is InChI=1S/C46H49N3O8S.C32H37N3O7S.Ac/c1-24-15-28-16-34-36(18-47)49-35(40(48(34)5)38(28)41(26(24)3)55-22-53-6)17-46(52)39(43-42(56-23-57-43)27(4)44(46)50)37(49)19-54-45(51)25(2)20-58-21-33-31-13-9-7-11-29(31)30-12-8-10-14-32(30)33;1-14-7-18-8-19-20(9-33)35-21-10-39-32(37)15(2)11-43-31(24-23(21)30-29(41-13-42-30)17(4)27(24)36)26(35)25(34(19)5)22(18)28(16(14)3)40-12-38-6;/h7-15,25,33-37,40,52H,16-17,19-23H2,1-6H3;7,15,19-21,25-26,31,36H,8,10-13H2,1-6H3;/t25-,34+,35?,36+,37+,40+,46?;15?,19-,20-,21-,25+,26?,31+;/m10./s1. The number of nitriles is 2. The summed E-state index contributed by atoms with van der Waals surface area (Å²) in [6.45, 7) is 15.4. The number of methoxy groups -OCH3 is 2. The monoisotopic (exact) mass is 1640 g/mol. The number of fused-ring (bicyclic) bond motifs is 20. The predicted molar refractivity (Wildman–Crippen MR) is 376 cm³/mol. The molecule has 0 saturated carbocycles. The van der Waals surface area contributed by atoms with E-state index in [9.17, 15) is 35.1 Å². The predicted octanol–water partition coefficient (Wildman–Crippen LogP) is 10.3. The minimum atomic E-state index is -2.00. The van der Waals surface area contributed by atoms with Gasteiger partial charge in [-0.3, -0.25) is 34.0 Å². The molecule has 5 aromatic rings. The summed E-state index contributed by atoms with van der Waals surface area (Å²) in [5, 5.41) is 46.3. The zero-order valence-electron chi connectivity index (χ0n) is 59.6. The van der Waals surface area contributed by atoms with Gasteiger partial charge in [0.25, 0.3) is 0 Å². The van der Waals surface area contributed by atoms with Crippen molar-refractivity contribution in [2.45, 2.75) is 152 Å². The molecular weight excluding hydrogens is 1550 g/mol. The summed E-state index contributed by atoms with van der Waals surface area (Å²) in [6, 6.07) is 22.4. The molecule has 533 valence electrons. The minimum absolute atomic E-state index is 0. The fourth-order valence-corrected chi connectivity index (χ4v) is 21.3. The number of carbonyl (C=O) groups is 3. The number of phenols is 1. The number of thioether (sulfide) groups is 2. The SMILES string of the molecule is COCOc1c(C)c(C)cc2c1[C@@H]1C3CC4(O)C(=O)C(C)=C5OCOC5=C4[C@H](COC(=O)[C@H](C)CSCC4c5ccccc5-c5ccccc54)N3[C@@H](C#N)[C@H](C2)N1C.COCOc1c(C)c(C)cc2c1[C@@H]1C3[C@@H]4SCC(C)C(=O)OC[C@@H](c5c6c(c(C)c(O)c54)OCO6)N3[C@@H](C#N)[C@H](C2)N1C.[Ac]. The Balaban J connectivity index is 0.000000179. The van der Waals surface area contributed by atoms with Crippen LogP contribution in [0.3, 0.4) is 0 Å². The maximum Gasteiger partial charge on any atom is 0.309 e. The molecule has 2 aliphatic carbocycles. The molecule has 0 aromatic heterocycles. The third-order valence-corrected chi connectivity index (χ3v) is 26.4.